The standard InChI is InChI=1S/C30H46N6O3/c1-19(2)13-22(15-25(37)31-8)32-26-23-10-9-21(20(3)4)14-24(23)33-27(34-26)35-12-11-30(16-35)17-36(18-30)28(38)39-29(5,6)7/h9-10,14,19-20,22H,11-13,15-18H2,1-8H3,(H,31,37)(H,32,33,34)/t22-/m0/s1. The number of nitrogens with one attached hydrogen (secondary N) is 2. The Labute approximate surface area is 233 Å². The van der Waals surface area contributed by atoms with E-state index in [4.69, 9.17) is 14.7 Å². The summed E-state index contributed by atoms with van der Waals surface area (Å²) in [7, 11) is 1.67. The molecule has 0 unspecified atom stereocenters. The number of amides is 2. The van der Waals surface area contributed by atoms with Gasteiger partial charge < -0.3 is 25.2 Å². The van der Waals surface area contributed by atoms with Crippen LogP contribution in [-0.2, 0) is 9.53 Å². The highest BCUT2D eigenvalue weighted by Gasteiger charge is 2.50. The smallest absolute Gasteiger partial charge is 0.410 e. The predicted molar refractivity (Wildman–Crippen MR) is 156 cm³/mol. The average molecular weight is 539 g/mol. The number of fused-ring (bicyclic) bond motifs is 1. The van der Waals surface area contributed by atoms with Crippen molar-refractivity contribution in [3.63, 3.8) is 0 Å². The minimum absolute atomic E-state index is 0.00911. The zero-order valence-corrected chi connectivity index (χ0v) is 24.9. The Bertz CT molecular complexity index is 1200. The molecule has 0 radical (unpaired) electrons. The van der Waals surface area contributed by atoms with E-state index in [1.807, 2.05) is 20.8 Å². The number of nitrogens with zero attached hydrogens (tertiary/aromatic N) is 4. The molecule has 0 bridgehead atoms. The lowest BCUT2D eigenvalue weighted by atomic mass is 9.79. The lowest BCUT2D eigenvalue weighted by molar-refractivity contribution is -0.120. The quantitative estimate of drug-likeness (QED) is 0.479. The molecular formula is C30H46N6O3. The molecule has 2 amide bonds. The van der Waals surface area contributed by atoms with E-state index in [9.17, 15) is 9.59 Å². The van der Waals surface area contributed by atoms with Gasteiger partial charge in [-0.2, -0.15) is 4.98 Å². The fourth-order valence-corrected chi connectivity index (χ4v) is 5.61. The van der Waals surface area contributed by atoms with E-state index in [-0.39, 0.29) is 23.5 Å². The molecule has 9 nitrogen and oxygen atoms in total. The Balaban J connectivity index is 1.59. The Hall–Kier alpha value is -3.10. The van der Waals surface area contributed by atoms with E-state index in [1.54, 1.807) is 11.9 Å². The van der Waals surface area contributed by atoms with Crippen molar-refractivity contribution < 1.29 is 14.3 Å². The lowest BCUT2D eigenvalue weighted by Crippen LogP contribution is -2.60. The van der Waals surface area contributed by atoms with Gasteiger partial charge in [0.05, 0.1) is 5.52 Å². The maximum Gasteiger partial charge on any atom is 0.410 e. The van der Waals surface area contributed by atoms with Crippen molar-refractivity contribution >= 4 is 34.7 Å². The summed E-state index contributed by atoms with van der Waals surface area (Å²) in [4.78, 5) is 38.9. The van der Waals surface area contributed by atoms with Crippen LogP contribution in [0.15, 0.2) is 18.2 Å². The molecule has 2 saturated heterocycles. The van der Waals surface area contributed by atoms with Gasteiger partial charge in [-0.25, -0.2) is 9.78 Å². The van der Waals surface area contributed by atoms with Crippen molar-refractivity contribution in [2.75, 3.05) is 43.4 Å². The van der Waals surface area contributed by atoms with E-state index in [0.717, 1.165) is 42.7 Å². The minimum Gasteiger partial charge on any atom is -0.444 e. The van der Waals surface area contributed by atoms with Crippen LogP contribution in [0.1, 0.15) is 79.2 Å². The number of ether oxygens (including phenoxy) is 1. The van der Waals surface area contributed by atoms with Gasteiger partial charge in [0.2, 0.25) is 11.9 Å². The van der Waals surface area contributed by atoms with Crippen LogP contribution in [0.3, 0.4) is 0 Å². The van der Waals surface area contributed by atoms with Crippen molar-refractivity contribution in [2.45, 2.75) is 85.3 Å². The second kappa shape index (κ2) is 11.2. The van der Waals surface area contributed by atoms with Crippen LogP contribution < -0.4 is 15.5 Å². The largest absolute Gasteiger partial charge is 0.444 e. The lowest BCUT2D eigenvalue weighted by Gasteiger charge is -2.47. The third-order valence-electron chi connectivity index (χ3n) is 7.61. The first-order chi connectivity index (χ1) is 18.3. The van der Waals surface area contributed by atoms with Crippen LogP contribution in [0.5, 0.6) is 0 Å². The van der Waals surface area contributed by atoms with E-state index in [0.29, 0.717) is 37.3 Å². The number of benzene rings is 1. The topological polar surface area (TPSA) is 99.7 Å². The molecule has 1 atom stereocenters. The molecule has 1 aromatic heterocycles. The zero-order valence-electron chi connectivity index (χ0n) is 24.9. The molecule has 214 valence electrons. The number of carbonyl (C=O) groups is 2. The second-order valence-corrected chi connectivity index (χ2v) is 13.2. The molecule has 2 fully saturated rings. The molecule has 9 heteroatoms. The van der Waals surface area contributed by atoms with E-state index in [1.165, 1.54) is 5.56 Å². The molecule has 0 saturated carbocycles. The Kier molecular flexibility index (Phi) is 8.28. The summed E-state index contributed by atoms with van der Waals surface area (Å²) >= 11 is 0. The number of anilines is 2. The van der Waals surface area contributed by atoms with E-state index in [2.05, 4.69) is 61.4 Å². The average Bonchev–Trinajstić information content (AvgIpc) is 3.27. The van der Waals surface area contributed by atoms with Gasteiger partial charge in [0.25, 0.3) is 0 Å². The highest BCUT2D eigenvalue weighted by atomic mass is 16.6. The normalized spacial score (nSPS) is 17.6. The molecule has 1 spiro atoms. The van der Waals surface area contributed by atoms with Crippen LogP contribution in [0, 0.1) is 11.3 Å². The van der Waals surface area contributed by atoms with Gasteiger partial charge in [-0.05, 0) is 63.1 Å². The molecule has 2 aliphatic heterocycles. The SMILES string of the molecule is CNC(=O)C[C@H](CC(C)C)Nc1nc(N2CCC3(CN(C(=O)OC(C)(C)C)C3)C2)nc2cc(C(C)C)ccc12. The fourth-order valence-electron chi connectivity index (χ4n) is 5.61. The summed E-state index contributed by atoms with van der Waals surface area (Å²) in [6, 6.07) is 6.35. The van der Waals surface area contributed by atoms with Crippen molar-refractivity contribution in [1.29, 1.82) is 0 Å². The molecule has 2 N–H and O–H groups in total. The summed E-state index contributed by atoms with van der Waals surface area (Å²) in [5.41, 5.74) is 1.68. The number of aromatic nitrogens is 2. The Morgan fingerprint density at radius 2 is 1.82 bits per heavy atom. The number of hydrogen-bond acceptors (Lipinski definition) is 7. The summed E-state index contributed by atoms with van der Waals surface area (Å²) in [6.45, 7) is 17.4. The third kappa shape index (κ3) is 6.92. The second-order valence-electron chi connectivity index (χ2n) is 13.2. The third-order valence-corrected chi connectivity index (χ3v) is 7.61. The minimum atomic E-state index is -0.496. The number of rotatable bonds is 8. The van der Waals surface area contributed by atoms with E-state index < -0.39 is 5.60 Å². The molecule has 3 heterocycles. The van der Waals surface area contributed by atoms with Crippen LogP contribution >= 0.6 is 0 Å². The van der Waals surface area contributed by atoms with Crippen molar-refractivity contribution in [3.05, 3.63) is 23.8 Å². The summed E-state index contributed by atoms with van der Waals surface area (Å²) in [6.07, 6.45) is 1.97. The summed E-state index contributed by atoms with van der Waals surface area (Å²) in [5, 5.41) is 7.33. The van der Waals surface area contributed by atoms with E-state index >= 15 is 0 Å². The maximum atomic E-state index is 12.5. The molecule has 39 heavy (non-hydrogen) atoms. The monoisotopic (exact) mass is 538 g/mol. The molecular weight excluding hydrogens is 492 g/mol. The number of likely N-dealkylation sites (tertiary alicyclic amines) is 1. The highest BCUT2D eigenvalue weighted by molar-refractivity contribution is 5.91. The first-order valence-electron chi connectivity index (χ1n) is 14.3. The summed E-state index contributed by atoms with van der Waals surface area (Å²) in [5.74, 6) is 2.29. The van der Waals surface area contributed by atoms with Gasteiger partial charge >= 0.3 is 6.09 Å². The summed E-state index contributed by atoms with van der Waals surface area (Å²) < 4.78 is 5.56. The van der Waals surface area contributed by atoms with Gasteiger partial charge in [-0.15, -0.1) is 0 Å². The predicted octanol–water partition coefficient (Wildman–Crippen LogP) is 5.16. The first kappa shape index (κ1) is 28.9. The van der Waals surface area contributed by atoms with Gasteiger partial charge in [0, 0.05) is 56.5 Å². The van der Waals surface area contributed by atoms with Gasteiger partial charge in [0.1, 0.15) is 11.4 Å². The van der Waals surface area contributed by atoms with Crippen molar-refractivity contribution in [2.24, 2.45) is 11.3 Å². The highest BCUT2D eigenvalue weighted by Crippen LogP contribution is 2.41. The van der Waals surface area contributed by atoms with Crippen LogP contribution in [-0.4, -0.2) is 71.7 Å². The molecule has 2 aliphatic rings. The Morgan fingerprint density at radius 3 is 2.44 bits per heavy atom. The Morgan fingerprint density at radius 1 is 1.10 bits per heavy atom. The van der Waals surface area contributed by atoms with Gasteiger partial charge in [-0.3, -0.25) is 4.79 Å². The fraction of sp³-hybridized carbons (Fsp3) is 0.667. The molecule has 1 aromatic carbocycles. The zero-order chi connectivity index (χ0) is 28.5. The van der Waals surface area contributed by atoms with Crippen molar-refractivity contribution in [3.8, 4) is 0 Å². The molecule has 2 aromatic rings. The molecule has 0 aliphatic carbocycles. The number of hydrogen-bond donors (Lipinski definition) is 2. The van der Waals surface area contributed by atoms with Crippen molar-refractivity contribution in [1.82, 2.24) is 20.2 Å². The van der Waals surface area contributed by atoms with Crippen LogP contribution in [0.2, 0.25) is 0 Å². The maximum absolute atomic E-state index is 12.5. The first-order valence-corrected chi connectivity index (χ1v) is 14.3. The van der Waals surface area contributed by atoms with Gasteiger partial charge in [0.15, 0.2) is 0 Å². The molecule has 4 rings (SSSR count). The van der Waals surface area contributed by atoms with Gasteiger partial charge in [-0.1, -0.05) is 33.8 Å². The number of carbonyl (C=O) groups excluding carboxylic acids is 2. The van der Waals surface area contributed by atoms with Crippen LogP contribution in [0.25, 0.3) is 10.9 Å². The van der Waals surface area contributed by atoms with Crippen LogP contribution in [0.4, 0.5) is 16.6 Å².